The molecule has 0 aliphatic rings. The number of fused-ring (bicyclic) bond motifs is 20. The third-order valence-electron chi connectivity index (χ3n) is 26.0. The maximum Gasteiger partial charge on any atom is 0.490 e. The number of nitrogens with zero attached hydrogens (tertiary/aromatic N) is 7. The normalized spacial score (nSPS) is 11.1. The van der Waals surface area contributed by atoms with E-state index in [9.17, 15) is 30.3 Å². The number of rotatable bonds is 12. The summed E-state index contributed by atoms with van der Waals surface area (Å²) < 4.78 is 16.6. The molecular formula is C126H86BBr6N8O6P. The van der Waals surface area contributed by atoms with Gasteiger partial charge in [0.1, 0.15) is 0 Å². The molecule has 0 radical (unpaired) electrons. The lowest BCUT2D eigenvalue weighted by atomic mass is 9.79. The number of H-pyrrole nitrogens is 1. The Kier molecular flexibility index (Phi) is 29.6. The van der Waals surface area contributed by atoms with Crippen molar-refractivity contribution in [3.63, 3.8) is 0 Å². The summed E-state index contributed by atoms with van der Waals surface area (Å²) in [4.78, 5) is 24.9. The van der Waals surface area contributed by atoms with Crippen LogP contribution in [0.25, 0.3) is 170 Å². The zero-order chi connectivity index (χ0) is 101. The summed E-state index contributed by atoms with van der Waals surface area (Å²) in [6.07, 6.45) is 0. The summed E-state index contributed by atoms with van der Waals surface area (Å²) in [5.74, 6) is 0. The van der Waals surface area contributed by atoms with Crippen LogP contribution >= 0.6 is 104 Å². The van der Waals surface area contributed by atoms with Crippen molar-refractivity contribution in [1.29, 1.82) is 0 Å². The number of aromatic nitrogens is 6. The molecule has 3 N–H and O–H groups in total. The molecule has 0 atom stereocenters. The molecule has 6 heterocycles. The smallest absolute Gasteiger partial charge is 0.423 e. The van der Waals surface area contributed by atoms with E-state index in [0.29, 0.717) is 24.4 Å². The molecule has 0 unspecified atom stereocenters. The standard InChI is InChI=1S/C30H19BrN2.C24H15BrN2O2.C24H15BrN2.C18H14BNO2.C18H15P.C6H3Br2NO2.C6H5Br/c31-20-15-16-25-28(19-20)32(21-9-3-1-4-10-21)27-18-17-24-23-13-7-8-14-26(23)33(30(24)29(25)27)22-11-5-2-6-12-22;25-16-13-14-19(23(15-16)27(28)29)21-11-6-10-20-18-9-4-5-12-22(18)26(24(20)21)17-7-2-1-3-8-17;25-15-10-11-19-21(14-15)26-20-13-12-18-17-8-4-5-9-22(17)27(24(18)23(19)20)16-6-2-1-3-7-16;21-19(22)16-11-6-10-15-14-9-4-5-12-17(14)20(18(15)16)13-7-2-1-3-8-13;1-4-10-16(11-5-1)19(17-12-6-2-7-13-17)18-14-8-3-9-15-18;7-4-1-2-5(8)6(3-4)9(10)11;7-6-4-2-1-3-5-6/h1-19H;1-15H;1-14,26H;1-12,21-22H;1-15H;1-3H;1-5H. The second-order valence-electron chi connectivity index (χ2n) is 34.9. The number of halogens is 6. The average Bonchev–Trinajstić information content (AvgIpc) is 1.54. The summed E-state index contributed by atoms with van der Waals surface area (Å²) in [5, 5.41) is 60.3. The second-order valence-corrected chi connectivity index (χ2v) is 42.5. The summed E-state index contributed by atoms with van der Waals surface area (Å²) >= 11 is 20.2. The molecule has 21 aromatic carbocycles. The molecular weight excluding hydrogens is 2240 g/mol. The third-order valence-corrected chi connectivity index (χ3v) is 31.6. The van der Waals surface area contributed by atoms with Crippen LogP contribution in [-0.2, 0) is 0 Å². The molecule has 716 valence electrons. The molecule has 27 aromatic rings. The van der Waals surface area contributed by atoms with E-state index in [1.54, 1.807) is 24.3 Å². The van der Waals surface area contributed by atoms with E-state index < -0.39 is 20.0 Å². The molecule has 0 fully saturated rings. The quantitative estimate of drug-likeness (QED) is 0.0476. The number of hydrogen-bond donors (Lipinski definition) is 3. The van der Waals surface area contributed by atoms with Gasteiger partial charge in [0.25, 0.3) is 11.4 Å². The van der Waals surface area contributed by atoms with Gasteiger partial charge in [0.05, 0.1) is 75.0 Å². The molecule has 27 rings (SSSR count). The number of nitro groups is 2. The van der Waals surface area contributed by atoms with Crippen molar-refractivity contribution in [2.45, 2.75) is 0 Å². The van der Waals surface area contributed by atoms with Crippen LogP contribution in [0.5, 0.6) is 0 Å². The Labute approximate surface area is 903 Å². The number of nitro benzene ring substituents is 2. The highest BCUT2D eigenvalue weighted by molar-refractivity contribution is 9.11. The first-order valence-electron chi connectivity index (χ1n) is 47.7. The molecule has 0 saturated carbocycles. The van der Waals surface area contributed by atoms with Gasteiger partial charge in [0, 0.05) is 150 Å². The van der Waals surface area contributed by atoms with Gasteiger partial charge in [-0.1, -0.05) is 413 Å². The lowest BCUT2D eigenvalue weighted by Crippen LogP contribution is -2.31. The van der Waals surface area contributed by atoms with Crippen LogP contribution in [0.2, 0.25) is 0 Å². The highest BCUT2D eigenvalue weighted by Crippen LogP contribution is 2.47. The predicted octanol–water partition coefficient (Wildman–Crippen LogP) is 34.4. The van der Waals surface area contributed by atoms with Gasteiger partial charge in [-0.3, -0.25) is 20.2 Å². The van der Waals surface area contributed by atoms with Gasteiger partial charge in [-0.25, -0.2) is 0 Å². The minimum Gasteiger partial charge on any atom is -0.423 e. The summed E-state index contributed by atoms with van der Waals surface area (Å²) in [7, 11) is -1.95. The lowest BCUT2D eigenvalue weighted by Gasteiger charge is -2.18. The zero-order valence-electron chi connectivity index (χ0n) is 78.9. The minimum atomic E-state index is -1.50. The number of benzene rings is 21. The van der Waals surface area contributed by atoms with E-state index in [2.05, 4.69) is 457 Å². The maximum atomic E-state index is 11.8. The molecule has 0 saturated heterocycles. The second kappa shape index (κ2) is 44.4. The van der Waals surface area contributed by atoms with Gasteiger partial charge >= 0.3 is 7.12 Å². The number of nitrogens with one attached hydrogen (secondary N) is 1. The molecule has 0 aliphatic heterocycles. The Balaban J connectivity index is 0.000000105. The van der Waals surface area contributed by atoms with Crippen molar-refractivity contribution < 1.29 is 19.9 Å². The first kappa shape index (κ1) is 98.5. The van der Waals surface area contributed by atoms with Crippen LogP contribution in [0, 0.1) is 20.2 Å². The molecule has 22 heteroatoms. The number of aromatic amines is 1. The fraction of sp³-hybridized carbons (Fsp3) is 0. The van der Waals surface area contributed by atoms with Crippen molar-refractivity contribution >= 4 is 274 Å². The Bertz CT molecular complexity index is 9450. The van der Waals surface area contributed by atoms with Gasteiger partial charge in [-0.15, -0.1) is 0 Å². The monoisotopic (exact) mass is 2320 g/mol. The Morgan fingerprint density at radius 1 is 0.236 bits per heavy atom. The first-order chi connectivity index (χ1) is 72.5. The SMILES string of the molecule is Brc1ccc2c(c1)[nH]c1ccc3c4ccccc4n(-c4ccccc4)c3c12.Brc1ccc2c3c(ccc4c5ccccc5n(-c5ccccc5)c43)n(-c3ccccc3)c2c1.Brc1ccccc1.O=[N+]([O-])c1cc(Br)ccc1-c1cccc2c3ccccc3n(-c3ccccc3)c12.O=[N+]([O-])c1cc(Br)ccc1Br.OB(O)c1cccc2c3ccccc3n(-c3ccccc3)c12.c1ccc(P(c2ccccc2)c2ccccc2)cc1. The Hall–Kier alpha value is -15.5. The molecule has 0 bridgehead atoms. The van der Waals surface area contributed by atoms with Crippen LogP contribution < -0.4 is 21.4 Å². The highest BCUT2D eigenvalue weighted by Gasteiger charge is 2.28. The number of para-hydroxylation sites is 11. The molecule has 6 aromatic heterocycles. The van der Waals surface area contributed by atoms with E-state index in [1.807, 2.05) is 140 Å². The van der Waals surface area contributed by atoms with E-state index in [0.717, 1.165) is 90.7 Å². The zero-order valence-corrected chi connectivity index (χ0v) is 89.3. The molecule has 0 spiro atoms. The van der Waals surface area contributed by atoms with Crippen molar-refractivity contribution in [1.82, 2.24) is 27.8 Å². The van der Waals surface area contributed by atoms with Gasteiger partial charge in [-0.2, -0.15) is 0 Å². The van der Waals surface area contributed by atoms with Crippen molar-refractivity contribution in [3.05, 3.63) is 551 Å². The molecule has 0 amide bonds. The van der Waals surface area contributed by atoms with E-state index in [1.165, 1.54) is 110 Å². The molecule has 0 aliphatic carbocycles. The highest BCUT2D eigenvalue weighted by atomic mass is 79.9. The molecule has 14 nitrogen and oxygen atoms in total. The van der Waals surface area contributed by atoms with E-state index in [4.69, 9.17) is 0 Å². The molecule has 148 heavy (non-hydrogen) atoms. The Morgan fingerprint density at radius 2 is 0.568 bits per heavy atom. The fourth-order valence-electron chi connectivity index (χ4n) is 19.8. The van der Waals surface area contributed by atoms with E-state index >= 15 is 0 Å². The van der Waals surface area contributed by atoms with Crippen molar-refractivity contribution in [2.24, 2.45) is 0 Å². The summed E-state index contributed by atoms with van der Waals surface area (Å²) in [6, 6.07) is 172. The third kappa shape index (κ3) is 20.0. The topological polar surface area (TPSA) is 167 Å². The van der Waals surface area contributed by atoms with Crippen LogP contribution in [0.15, 0.2) is 530 Å². The number of hydrogen-bond acceptors (Lipinski definition) is 6. The van der Waals surface area contributed by atoms with Gasteiger partial charge in [-0.05, 0) is 197 Å². The van der Waals surface area contributed by atoms with Gasteiger partial charge in [0.15, 0.2) is 0 Å². The Morgan fingerprint density at radius 3 is 1.00 bits per heavy atom. The lowest BCUT2D eigenvalue weighted by molar-refractivity contribution is -0.385. The van der Waals surface area contributed by atoms with Gasteiger partial charge < -0.3 is 37.9 Å². The van der Waals surface area contributed by atoms with E-state index in [-0.39, 0.29) is 16.3 Å². The fourth-order valence-corrected chi connectivity index (χ4v) is 24.2. The minimum absolute atomic E-state index is 0.0689. The van der Waals surface area contributed by atoms with Crippen LogP contribution in [-0.4, -0.2) is 54.8 Å². The largest absolute Gasteiger partial charge is 0.490 e. The van der Waals surface area contributed by atoms with Gasteiger partial charge in [0.2, 0.25) is 0 Å². The predicted molar refractivity (Wildman–Crippen MR) is 640 cm³/mol. The summed E-state index contributed by atoms with van der Waals surface area (Å²) in [6.45, 7) is 0. The maximum absolute atomic E-state index is 11.8. The van der Waals surface area contributed by atoms with Crippen LogP contribution in [0.4, 0.5) is 11.4 Å². The van der Waals surface area contributed by atoms with Crippen molar-refractivity contribution in [3.8, 4) is 39.6 Å². The average molecular weight is 2330 g/mol. The van der Waals surface area contributed by atoms with Crippen LogP contribution in [0.3, 0.4) is 0 Å². The summed E-state index contributed by atoms with van der Waals surface area (Å²) in [5.41, 5.74) is 21.3. The first-order valence-corrected chi connectivity index (χ1v) is 53.8. The van der Waals surface area contributed by atoms with Crippen LogP contribution in [0.1, 0.15) is 0 Å². The van der Waals surface area contributed by atoms with Crippen molar-refractivity contribution in [2.75, 3.05) is 0 Å².